The van der Waals surface area contributed by atoms with E-state index in [9.17, 15) is 24.9 Å². The molecular weight excluding hydrogens is 616 g/mol. The van der Waals surface area contributed by atoms with Crippen LogP contribution in [-0.2, 0) is 19.1 Å². The lowest BCUT2D eigenvalue weighted by Crippen LogP contribution is -2.48. The van der Waals surface area contributed by atoms with Gasteiger partial charge < -0.3 is 24.8 Å². The van der Waals surface area contributed by atoms with Crippen LogP contribution in [0.15, 0.2) is 94.4 Å². The number of hydrogen-bond acceptors (Lipinski definition) is 7. The van der Waals surface area contributed by atoms with Crippen LogP contribution in [0.4, 0.5) is 0 Å². The first-order chi connectivity index (χ1) is 22.5. The van der Waals surface area contributed by atoms with Crippen molar-refractivity contribution in [3.63, 3.8) is 0 Å². The molecule has 3 N–H and O–H groups in total. The summed E-state index contributed by atoms with van der Waals surface area (Å²) in [4.78, 5) is 24.6. The number of ketones is 1. The number of rotatable bonds is 12. The molecule has 0 aromatic rings. The number of hydrogen-bond donors (Lipinski definition) is 3. The molecule has 7 heteroatoms. The fraction of sp³-hybridized carbons (Fsp3) is 0.571. The first-order valence-corrected chi connectivity index (χ1v) is 17.5. The third-order valence-corrected chi connectivity index (χ3v) is 10.6. The Bertz CT molecular complexity index is 1500. The molecular formula is C42H60O7. The molecule has 3 aliphatic rings. The second-order valence-corrected chi connectivity index (χ2v) is 16.2. The van der Waals surface area contributed by atoms with Crippen molar-refractivity contribution in [1.82, 2.24) is 0 Å². The lowest BCUT2D eigenvalue weighted by Gasteiger charge is -2.46. The first kappa shape index (κ1) is 40.2. The summed E-state index contributed by atoms with van der Waals surface area (Å²) in [6.07, 6.45) is 21.5. The number of carbonyl (C=O) groups excluding carboxylic acids is 2. The second kappa shape index (κ2) is 15.3. The lowest BCUT2D eigenvalue weighted by atomic mass is 9.61. The Hall–Kier alpha value is -3.26. The van der Waals surface area contributed by atoms with Gasteiger partial charge in [0.15, 0.2) is 5.78 Å². The molecule has 3 rings (SSSR count). The van der Waals surface area contributed by atoms with E-state index in [2.05, 4.69) is 46.8 Å². The van der Waals surface area contributed by atoms with Gasteiger partial charge in [-0.2, -0.15) is 0 Å². The largest absolute Gasteiger partial charge is 0.508 e. The summed E-state index contributed by atoms with van der Waals surface area (Å²) in [6.45, 7) is 21.1. The van der Waals surface area contributed by atoms with Gasteiger partial charge in [-0.3, -0.25) is 9.59 Å². The maximum Gasteiger partial charge on any atom is 0.302 e. The van der Waals surface area contributed by atoms with Crippen LogP contribution >= 0.6 is 0 Å². The van der Waals surface area contributed by atoms with E-state index in [1.807, 2.05) is 57.2 Å². The van der Waals surface area contributed by atoms with Gasteiger partial charge in [0.05, 0.1) is 17.3 Å². The van der Waals surface area contributed by atoms with Crippen molar-refractivity contribution in [3.8, 4) is 0 Å². The smallest absolute Gasteiger partial charge is 0.302 e. The van der Waals surface area contributed by atoms with E-state index in [1.165, 1.54) is 6.92 Å². The summed E-state index contributed by atoms with van der Waals surface area (Å²) in [5, 5.41) is 32.0. The molecule has 0 spiro atoms. The molecule has 7 nitrogen and oxygen atoms in total. The average molecular weight is 677 g/mol. The number of ether oxygens (including phenoxy) is 2. The highest BCUT2D eigenvalue weighted by Gasteiger charge is 2.76. The normalized spacial score (nSPS) is 33.2. The van der Waals surface area contributed by atoms with E-state index in [1.54, 1.807) is 26.0 Å². The number of carbonyl (C=O) groups is 2. The van der Waals surface area contributed by atoms with Gasteiger partial charge in [0.1, 0.15) is 17.5 Å². The number of Topliss-reactive ketones (excluding diaryl/α,β-unsaturated/α-hetero) is 1. The molecule has 3 fully saturated rings. The van der Waals surface area contributed by atoms with E-state index in [0.29, 0.717) is 43.3 Å². The molecule has 1 heterocycles. The Labute approximate surface area is 294 Å². The number of fused-ring (bicyclic) bond motifs is 1. The summed E-state index contributed by atoms with van der Waals surface area (Å²) in [5.41, 5.74) is 1.72. The van der Waals surface area contributed by atoms with Crippen molar-refractivity contribution in [2.45, 2.75) is 144 Å². The molecule has 0 aromatic carbocycles. The molecule has 270 valence electrons. The monoisotopic (exact) mass is 676 g/mol. The zero-order valence-electron chi connectivity index (χ0n) is 31.6. The maximum atomic E-state index is 13.1. The molecule has 0 unspecified atom stereocenters. The van der Waals surface area contributed by atoms with E-state index < -0.39 is 22.9 Å². The molecule has 0 amide bonds. The summed E-state index contributed by atoms with van der Waals surface area (Å²) in [5.74, 6) is -0.254. The molecule has 49 heavy (non-hydrogen) atoms. The van der Waals surface area contributed by atoms with Crippen LogP contribution in [0.1, 0.15) is 115 Å². The average Bonchev–Trinajstić information content (AvgIpc) is 3.56. The van der Waals surface area contributed by atoms with Gasteiger partial charge in [-0.1, -0.05) is 93.5 Å². The van der Waals surface area contributed by atoms with Crippen LogP contribution in [-0.4, -0.2) is 56.1 Å². The number of allylic oxidation sites excluding steroid dienone is 14. The summed E-state index contributed by atoms with van der Waals surface area (Å²) in [6, 6.07) is 0. The van der Waals surface area contributed by atoms with Gasteiger partial charge in [0.25, 0.3) is 0 Å². The Morgan fingerprint density at radius 1 is 0.837 bits per heavy atom. The number of aliphatic hydroxyl groups is 3. The third-order valence-electron chi connectivity index (χ3n) is 10.6. The summed E-state index contributed by atoms with van der Waals surface area (Å²) in [7, 11) is 0. The molecule has 0 bridgehead atoms. The molecule has 2 aliphatic carbocycles. The molecule has 0 radical (unpaired) electrons. The minimum absolute atomic E-state index is 0.0218. The standard InChI is InChI=1S/C42H60O7/c1-28(16-14-17-29(2)19-22-37-38(6,7)25-34(48-32(5)43)26-40(37,10)47)15-12-13-18-30(3)35(45)21-20-31(4)36(46)27-42-39(8,9)23-33(44)24-41(42,11)49-42/h12-18,20-22,33-34,44-45,47H,19,23-27H2,1-11H3/b13-12+,16-14+,28-15+,29-17+,30-18+,31-20+,35-21-,37-22?/t33-,34-,40+,41+,42-/m0/s1. The second-order valence-electron chi connectivity index (χ2n) is 16.2. The zero-order valence-corrected chi connectivity index (χ0v) is 31.6. The Morgan fingerprint density at radius 2 is 1.49 bits per heavy atom. The van der Waals surface area contributed by atoms with Crippen molar-refractivity contribution < 1.29 is 34.4 Å². The Kier molecular flexibility index (Phi) is 12.6. The van der Waals surface area contributed by atoms with Gasteiger partial charge >= 0.3 is 5.97 Å². The number of epoxide rings is 1. The van der Waals surface area contributed by atoms with E-state index in [0.717, 1.165) is 16.7 Å². The minimum atomic E-state index is -1.04. The van der Waals surface area contributed by atoms with Gasteiger partial charge in [-0.05, 0) is 94.4 Å². The number of esters is 1. The molecule has 0 aromatic heterocycles. The Balaban J connectivity index is 1.54. The van der Waals surface area contributed by atoms with Crippen molar-refractivity contribution >= 4 is 11.8 Å². The van der Waals surface area contributed by atoms with Crippen molar-refractivity contribution in [2.24, 2.45) is 10.8 Å². The predicted molar refractivity (Wildman–Crippen MR) is 197 cm³/mol. The fourth-order valence-electron chi connectivity index (χ4n) is 8.04. The highest BCUT2D eigenvalue weighted by atomic mass is 16.6. The van der Waals surface area contributed by atoms with Crippen LogP contribution in [0, 0.1) is 10.8 Å². The van der Waals surface area contributed by atoms with Crippen molar-refractivity contribution in [1.29, 1.82) is 0 Å². The van der Waals surface area contributed by atoms with E-state index >= 15 is 0 Å². The molecule has 2 saturated carbocycles. The van der Waals surface area contributed by atoms with Crippen molar-refractivity contribution in [3.05, 3.63) is 94.4 Å². The predicted octanol–water partition coefficient (Wildman–Crippen LogP) is 8.81. The van der Waals surface area contributed by atoms with Gasteiger partial charge in [0.2, 0.25) is 0 Å². The number of aliphatic hydroxyl groups excluding tert-OH is 2. The van der Waals surface area contributed by atoms with Crippen LogP contribution in [0.5, 0.6) is 0 Å². The quantitative estimate of drug-likeness (QED) is 0.0472. The Morgan fingerprint density at radius 3 is 2.10 bits per heavy atom. The lowest BCUT2D eigenvalue weighted by molar-refractivity contribution is -0.152. The summed E-state index contributed by atoms with van der Waals surface area (Å²) >= 11 is 0. The van der Waals surface area contributed by atoms with Gasteiger partial charge in [-0.15, -0.1) is 0 Å². The highest BCUT2D eigenvalue weighted by molar-refractivity contribution is 5.96. The first-order valence-electron chi connectivity index (χ1n) is 17.5. The summed E-state index contributed by atoms with van der Waals surface area (Å²) < 4.78 is 11.6. The van der Waals surface area contributed by atoms with Gasteiger partial charge in [-0.25, -0.2) is 0 Å². The molecule has 1 aliphatic heterocycles. The van der Waals surface area contributed by atoms with Crippen molar-refractivity contribution in [2.75, 3.05) is 0 Å². The van der Waals surface area contributed by atoms with Crippen LogP contribution in [0.2, 0.25) is 0 Å². The van der Waals surface area contributed by atoms with Crippen LogP contribution in [0.3, 0.4) is 0 Å². The van der Waals surface area contributed by atoms with Crippen LogP contribution in [0.25, 0.3) is 0 Å². The molecule has 1 saturated heterocycles. The maximum absolute atomic E-state index is 13.1. The van der Waals surface area contributed by atoms with E-state index in [4.69, 9.17) is 9.47 Å². The van der Waals surface area contributed by atoms with Gasteiger partial charge in [0, 0.05) is 26.2 Å². The fourth-order valence-corrected chi connectivity index (χ4v) is 8.04. The SMILES string of the molecule is CC(=O)O[C@H]1CC(C)(C)C(=CC/C(C)=C/C=C/C(C)=C/C=C/C=C(C)/C(O)=C/C=C(\C)C(=O)C[C@@]23O[C@]2(C)C[C@@H](O)CC3(C)C)[C@](C)(O)C1. The third kappa shape index (κ3) is 9.93. The van der Waals surface area contributed by atoms with E-state index in [-0.39, 0.29) is 40.9 Å². The zero-order chi connectivity index (χ0) is 37.0. The molecule has 5 atom stereocenters. The highest BCUT2D eigenvalue weighted by Crippen LogP contribution is 2.67. The minimum Gasteiger partial charge on any atom is -0.508 e. The topological polar surface area (TPSA) is 117 Å². The van der Waals surface area contributed by atoms with Crippen LogP contribution < -0.4 is 0 Å².